The molecular formula is C16H22ClN5O3. The van der Waals surface area contributed by atoms with E-state index in [1.54, 1.807) is 4.90 Å². The predicted molar refractivity (Wildman–Crippen MR) is 96.5 cm³/mol. The summed E-state index contributed by atoms with van der Waals surface area (Å²) in [5.41, 5.74) is 6.68. The number of hydrogen-bond acceptors (Lipinski definition) is 5. The normalized spacial score (nSPS) is 10.1. The Morgan fingerprint density at radius 2 is 2.00 bits per heavy atom. The lowest BCUT2D eigenvalue weighted by Crippen LogP contribution is -2.37. The van der Waals surface area contributed by atoms with E-state index in [1.807, 2.05) is 30.3 Å². The van der Waals surface area contributed by atoms with Gasteiger partial charge >= 0.3 is 5.69 Å². The number of hydrogen-bond donors (Lipinski definition) is 1. The third kappa shape index (κ3) is 6.52. The first-order chi connectivity index (χ1) is 11.6. The molecule has 1 amide bonds. The molecule has 0 radical (unpaired) electrons. The average Bonchev–Trinajstić information content (AvgIpc) is 3.06. The molecule has 9 heteroatoms. The van der Waals surface area contributed by atoms with Crippen molar-refractivity contribution in [2.75, 3.05) is 19.6 Å². The van der Waals surface area contributed by atoms with Crippen molar-refractivity contribution in [1.29, 1.82) is 0 Å². The number of nitro groups is 1. The highest BCUT2D eigenvalue weighted by Gasteiger charge is 2.14. The fourth-order valence-electron chi connectivity index (χ4n) is 2.36. The van der Waals surface area contributed by atoms with E-state index < -0.39 is 4.92 Å². The van der Waals surface area contributed by atoms with Crippen LogP contribution in [0, 0.1) is 10.1 Å². The van der Waals surface area contributed by atoms with Crippen molar-refractivity contribution in [2.24, 2.45) is 5.73 Å². The van der Waals surface area contributed by atoms with Gasteiger partial charge in [-0.3, -0.25) is 19.6 Å². The quantitative estimate of drug-likeness (QED) is 0.535. The molecule has 8 nitrogen and oxygen atoms in total. The zero-order valence-corrected chi connectivity index (χ0v) is 14.6. The number of aromatic nitrogens is 2. The standard InChI is InChI=1S/C16H21N5O3.ClH/c17-8-11-19(9-6-14-4-2-1-3-5-14)16(22)7-10-20-13-15(12-18-20)21(23)24;/h1-5,12-13H,6-11,17H2;1H. The van der Waals surface area contributed by atoms with E-state index in [0.717, 1.165) is 12.0 Å². The zero-order chi connectivity index (χ0) is 17.4. The maximum absolute atomic E-state index is 12.4. The number of nitrogens with zero attached hydrogens (tertiary/aromatic N) is 4. The molecule has 0 atom stereocenters. The number of halogens is 1. The van der Waals surface area contributed by atoms with E-state index in [9.17, 15) is 14.9 Å². The van der Waals surface area contributed by atoms with Gasteiger partial charge in [0.25, 0.3) is 0 Å². The van der Waals surface area contributed by atoms with Gasteiger partial charge in [0, 0.05) is 32.6 Å². The lowest BCUT2D eigenvalue weighted by Gasteiger charge is -2.22. The highest BCUT2D eigenvalue weighted by atomic mass is 35.5. The number of aryl methyl sites for hydroxylation is 1. The molecule has 2 rings (SSSR count). The maximum atomic E-state index is 12.4. The van der Waals surface area contributed by atoms with E-state index >= 15 is 0 Å². The fraction of sp³-hybridized carbons (Fsp3) is 0.375. The average molecular weight is 368 g/mol. The molecule has 136 valence electrons. The van der Waals surface area contributed by atoms with E-state index in [-0.39, 0.29) is 30.4 Å². The van der Waals surface area contributed by atoms with Crippen molar-refractivity contribution < 1.29 is 9.72 Å². The summed E-state index contributed by atoms with van der Waals surface area (Å²) in [5, 5.41) is 14.5. The Labute approximate surface area is 152 Å². The van der Waals surface area contributed by atoms with Crippen molar-refractivity contribution in [1.82, 2.24) is 14.7 Å². The smallest absolute Gasteiger partial charge is 0.306 e. The van der Waals surface area contributed by atoms with Crippen LogP contribution in [0.3, 0.4) is 0 Å². The second kappa shape index (κ2) is 10.4. The molecule has 2 N–H and O–H groups in total. The lowest BCUT2D eigenvalue weighted by atomic mass is 10.1. The monoisotopic (exact) mass is 367 g/mol. The number of carbonyl (C=O) groups is 1. The van der Waals surface area contributed by atoms with Crippen LogP contribution in [0.1, 0.15) is 12.0 Å². The minimum Gasteiger partial charge on any atom is -0.341 e. The Morgan fingerprint density at radius 1 is 1.28 bits per heavy atom. The third-order valence-electron chi connectivity index (χ3n) is 3.65. The SMILES string of the molecule is Cl.NCCN(CCc1ccccc1)C(=O)CCn1cc([N+](=O)[O-])cn1. The molecule has 0 aliphatic carbocycles. The summed E-state index contributed by atoms with van der Waals surface area (Å²) in [6, 6.07) is 9.93. The van der Waals surface area contributed by atoms with Gasteiger partial charge in [-0.1, -0.05) is 30.3 Å². The molecule has 25 heavy (non-hydrogen) atoms. The molecule has 1 aromatic heterocycles. The molecule has 0 saturated heterocycles. The summed E-state index contributed by atoms with van der Waals surface area (Å²) in [6.07, 6.45) is 3.50. The van der Waals surface area contributed by atoms with Gasteiger partial charge in [0.2, 0.25) is 5.91 Å². The van der Waals surface area contributed by atoms with Gasteiger partial charge in [-0.05, 0) is 12.0 Å². The minimum atomic E-state index is -0.508. The molecule has 1 heterocycles. The van der Waals surface area contributed by atoms with E-state index in [2.05, 4.69) is 5.10 Å². The minimum absolute atomic E-state index is 0. The molecule has 0 aliphatic rings. The fourth-order valence-corrected chi connectivity index (χ4v) is 2.36. The van der Waals surface area contributed by atoms with Crippen molar-refractivity contribution in [3.63, 3.8) is 0 Å². The van der Waals surface area contributed by atoms with Gasteiger partial charge in [0.1, 0.15) is 12.4 Å². The highest BCUT2D eigenvalue weighted by Crippen LogP contribution is 2.09. The first-order valence-corrected chi connectivity index (χ1v) is 7.78. The number of rotatable bonds is 9. The van der Waals surface area contributed by atoms with Crippen LogP contribution in [0.5, 0.6) is 0 Å². The Morgan fingerprint density at radius 3 is 2.60 bits per heavy atom. The Hall–Kier alpha value is -2.45. The summed E-state index contributed by atoms with van der Waals surface area (Å²) < 4.78 is 1.41. The summed E-state index contributed by atoms with van der Waals surface area (Å²) in [5.74, 6) is -0.0328. The molecule has 0 bridgehead atoms. The second-order valence-corrected chi connectivity index (χ2v) is 5.37. The molecule has 0 aliphatic heterocycles. The van der Waals surface area contributed by atoms with Gasteiger partial charge in [0.15, 0.2) is 0 Å². The van der Waals surface area contributed by atoms with Crippen LogP contribution in [-0.4, -0.2) is 45.1 Å². The molecule has 0 fully saturated rings. The second-order valence-electron chi connectivity index (χ2n) is 5.37. The number of benzene rings is 1. The van der Waals surface area contributed by atoms with Crippen LogP contribution >= 0.6 is 12.4 Å². The molecular weight excluding hydrogens is 346 g/mol. The highest BCUT2D eigenvalue weighted by molar-refractivity contribution is 5.85. The zero-order valence-electron chi connectivity index (χ0n) is 13.8. The van der Waals surface area contributed by atoms with Gasteiger partial charge < -0.3 is 10.6 Å². The van der Waals surface area contributed by atoms with Gasteiger partial charge in [-0.25, -0.2) is 0 Å². The first-order valence-electron chi connectivity index (χ1n) is 7.78. The number of amides is 1. The van der Waals surface area contributed by atoms with Crippen molar-refractivity contribution in [3.05, 3.63) is 58.4 Å². The number of nitrogens with two attached hydrogens (primary N) is 1. The summed E-state index contributed by atoms with van der Waals surface area (Å²) in [4.78, 5) is 24.2. The van der Waals surface area contributed by atoms with Crippen molar-refractivity contribution in [3.8, 4) is 0 Å². The van der Waals surface area contributed by atoms with E-state index in [0.29, 0.717) is 26.2 Å². The molecule has 0 unspecified atom stereocenters. The Balaban J connectivity index is 0.00000312. The Kier molecular flexibility index (Phi) is 8.59. The summed E-state index contributed by atoms with van der Waals surface area (Å²) in [6.45, 7) is 1.79. The summed E-state index contributed by atoms with van der Waals surface area (Å²) in [7, 11) is 0. The predicted octanol–water partition coefficient (Wildman–Crippen LogP) is 1.63. The van der Waals surface area contributed by atoms with E-state index in [4.69, 9.17) is 5.73 Å². The topological polar surface area (TPSA) is 107 Å². The van der Waals surface area contributed by atoms with Crippen LogP contribution in [-0.2, 0) is 17.8 Å². The van der Waals surface area contributed by atoms with Crippen molar-refractivity contribution >= 4 is 24.0 Å². The Bertz CT molecular complexity index is 677. The van der Waals surface area contributed by atoms with Crippen molar-refractivity contribution in [2.45, 2.75) is 19.4 Å². The van der Waals surface area contributed by atoms with E-state index in [1.165, 1.54) is 17.1 Å². The van der Waals surface area contributed by atoms with Gasteiger partial charge in [-0.15, -0.1) is 12.4 Å². The summed E-state index contributed by atoms with van der Waals surface area (Å²) >= 11 is 0. The van der Waals surface area contributed by atoms with Gasteiger partial charge in [-0.2, -0.15) is 5.10 Å². The maximum Gasteiger partial charge on any atom is 0.306 e. The number of carbonyl (C=O) groups excluding carboxylic acids is 1. The van der Waals surface area contributed by atoms with Crippen LogP contribution < -0.4 is 5.73 Å². The molecule has 0 spiro atoms. The van der Waals surface area contributed by atoms with Gasteiger partial charge in [0.05, 0.1) is 4.92 Å². The van der Waals surface area contributed by atoms with Crippen LogP contribution in [0.15, 0.2) is 42.7 Å². The van der Waals surface area contributed by atoms with Crippen LogP contribution in [0.25, 0.3) is 0 Å². The largest absolute Gasteiger partial charge is 0.341 e. The van der Waals surface area contributed by atoms with Crippen LogP contribution in [0.4, 0.5) is 5.69 Å². The third-order valence-corrected chi connectivity index (χ3v) is 3.65. The molecule has 2 aromatic rings. The first kappa shape index (κ1) is 20.6. The lowest BCUT2D eigenvalue weighted by molar-refractivity contribution is -0.385. The molecule has 1 aromatic carbocycles. The molecule has 0 saturated carbocycles. The van der Waals surface area contributed by atoms with Crippen LogP contribution in [0.2, 0.25) is 0 Å².